The Labute approximate surface area is 153 Å². The zero-order chi connectivity index (χ0) is 19.2. The van der Waals surface area contributed by atoms with Gasteiger partial charge in [0.25, 0.3) is 0 Å². The summed E-state index contributed by atoms with van der Waals surface area (Å²) in [6, 6.07) is 19.3. The van der Waals surface area contributed by atoms with Gasteiger partial charge in [0, 0.05) is 12.3 Å². The third kappa shape index (κ3) is 3.92. The minimum Gasteiger partial charge on any atom is -0.480 e. The van der Waals surface area contributed by atoms with Gasteiger partial charge in [-0.1, -0.05) is 67.6 Å². The molecule has 0 aliphatic rings. The molecule has 2 rings (SSSR count). The lowest BCUT2D eigenvalue weighted by Gasteiger charge is -2.32. The second-order valence-electron chi connectivity index (χ2n) is 6.49. The molecule has 0 saturated heterocycles. The van der Waals surface area contributed by atoms with Crippen LogP contribution in [0.3, 0.4) is 0 Å². The molecule has 5 nitrogen and oxygen atoms in total. The predicted molar refractivity (Wildman–Crippen MR) is 98.3 cm³/mol. The minimum absolute atomic E-state index is 0.0463. The summed E-state index contributed by atoms with van der Waals surface area (Å²) in [5.74, 6) is -2.06. The molecule has 2 aromatic rings. The summed E-state index contributed by atoms with van der Waals surface area (Å²) >= 11 is 0. The van der Waals surface area contributed by atoms with Gasteiger partial charge in [-0.2, -0.15) is 5.26 Å². The summed E-state index contributed by atoms with van der Waals surface area (Å²) in [5, 5.41) is 21.0. The number of amides is 1. The van der Waals surface area contributed by atoms with Crippen molar-refractivity contribution in [2.75, 3.05) is 0 Å². The summed E-state index contributed by atoms with van der Waals surface area (Å²) in [5.41, 5.74) is 0.476. The maximum atomic E-state index is 13.2. The van der Waals surface area contributed by atoms with Crippen LogP contribution in [0.15, 0.2) is 60.7 Å². The summed E-state index contributed by atoms with van der Waals surface area (Å²) < 4.78 is 0. The SMILES string of the molecule is C[C@H](CC#N)[C@@H](NC(=O)C(C)(c1ccccc1)c1ccccc1)C(=O)O. The quantitative estimate of drug-likeness (QED) is 0.803. The van der Waals surface area contributed by atoms with Gasteiger partial charge in [0.1, 0.15) is 6.04 Å². The van der Waals surface area contributed by atoms with Crippen LogP contribution in [0.2, 0.25) is 0 Å². The molecule has 0 aromatic heterocycles. The molecule has 2 aromatic carbocycles. The lowest BCUT2D eigenvalue weighted by atomic mass is 9.75. The molecule has 26 heavy (non-hydrogen) atoms. The number of aliphatic carboxylic acids is 1. The number of hydrogen-bond donors (Lipinski definition) is 2. The largest absolute Gasteiger partial charge is 0.480 e. The molecule has 5 heteroatoms. The number of nitriles is 1. The number of carbonyl (C=O) groups is 2. The summed E-state index contributed by atoms with van der Waals surface area (Å²) in [4.78, 5) is 24.9. The van der Waals surface area contributed by atoms with E-state index in [-0.39, 0.29) is 6.42 Å². The predicted octanol–water partition coefficient (Wildman–Crippen LogP) is 3.11. The molecular formula is C21H22N2O3. The Bertz CT molecular complexity index is 758. The van der Waals surface area contributed by atoms with E-state index >= 15 is 0 Å². The Morgan fingerprint density at radius 2 is 1.54 bits per heavy atom. The van der Waals surface area contributed by atoms with Gasteiger partial charge < -0.3 is 10.4 Å². The Balaban J connectivity index is 2.45. The van der Waals surface area contributed by atoms with Crippen molar-refractivity contribution < 1.29 is 14.7 Å². The average molecular weight is 350 g/mol. The molecule has 0 heterocycles. The molecule has 0 saturated carbocycles. The maximum Gasteiger partial charge on any atom is 0.326 e. The van der Waals surface area contributed by atoms with Crippen molar-refractivity contribution >= 4 is 11.9 Å². The van der Waals surface area contributed by atoms with Gasteiger partial charge in [0.2, 0.25) is 5.91 Å². The van der Waals surface area contributed by atoms with Crippen LogP contribution >= 0.6 is 0 Å². The number of hydrogen-bond acceptors (Lipinski definition) is 3. The van der Waals surface area contributed by atoms with Gasteiger partial charge in [0.15, 0.2) is 0 Å². The van der Waals surface area contributed by atoms with Gasteiger partial charge in [-0.25, -0.2) is 4.79 Å². The fourth-order valence-corrected chi connectivity index (χ4v) is 2.97. The molecule has 0 unspecified atom stereocenters. The minimum atomic E-state index is -1.15. The molecule has 0 fully saturated rings. The van der Waals surface area contributed by atoms with E-state index in [9.17, 15) is 14.7 Å². The highest BCUT2D eigenvalue weighted by Crippen LogP contribution is 2.32. The number of carboxylic acid groups (broad SMARTS) is 1. The fourth-order valence-electron chi connectivity index (χ4n) is 2.97. The summed E-state index contributed by atoms with van der Waals surface area (Å²) in [6.45, 7) is 3.42. The molecule has 0 aliphatic heterocycles. The normalized spacial score (nSPS) is 13.3. The van der Waals surface area contributed by atoms with Gasteiger partial charge >= 0.3 is 5.97 Å². The maximum absolute atomic E-state index is 13.2. The Morgan fingerprint density at radius 3 is 1.92 bits per heavy atom. The van der Waals surface area contributed by atoms with Gasteiger partial charge in [-0.15, -0.1) is 0 Å². The van der Waals surface area contributed by atoms with E-state index in [2.05, 4.69) is 5.32 Å². The van der Waals surface area contributed by atoms with Gasteiger partial charge in [-0.3, -0.25) is 4.79 Å². The second kappa shape index (κ2) is 8.30. The first-order chi connectivity index (χ1) is 12.4. The fraction of sp³-hybridized carbons (Fsp3) is 0.286. The van der Waals surface area contributed by atoms with Crippen molar-refractivity contribution in [3.05, 3.63) is 71.8 Å². The summed E-state index contributed by atoms with van der Waals surface area (Å²) in [6.07, 6.45) is 0.0463. The lowest BCUT2D eigenvalue weighted by molar-refractivity contribution is -0.143. The van der Waals surface area contributed by atoms with Crippen LogP contribution in [-0.4, -0.2) is 23.0 Å². The highest BCUT2D eigenvalue weighted by atomic mass is 16.4. The molecular weight excluding hydrogens is 328 g/mol. The van der Waals surface area contributed by atoms with Gasteiger partial charge in [-0.05, 0) is 18.1 Å². The third-order valence-corrected chi connectivity index (χ3v) is 4.69. The first kappa shape index (κ1) is 19.2. The van der Waals surface area contributed by atoms with Crippen molar-refractivity contribution in [2.45, 2.75) is 31.7 Å². The van der Waals surface area contributed by atoms with Crippen LogP contribution in [-0.2, 0) is 15.0 Å². The molecule has 134 valence electrons. The van der Waals surface area contributed by atoms with E-state index < -0.39 is 29.3 Å². The first-order valence-electron chi connectivity index (χ1n) is 8.43. The van der Waals surface area contributed by atoms with Crippen molar-refractivity contribution in [2.24, 2.45) is 5.92 Å². The van der Waals surface area contributed by atoms with Crippen LogP contribution < -0.4 is 5.32 Å². The van der Waals surface area contributed by atoms with Crippen LogP contribution in [0.1, 0.15) is 31.4 Å². The zero-order valence-corrected chi connectivity index (χ0v) is 14.8. The number of carboxylic acids is 1. The lowest BCUT2D eigenvalue weighted by Crippen LogP contribution is -2.52. The van der Waals surface area contributed by atoms with E-state index in [1.54, 1.807) is 13.8 Å². The molecule has 2 N–H and O–H groups in total. The van der Waals surface area contributed by atoms with E-state index in [1.165, 1.54) is 0 Å². The molecule has 0 radical (unpaired) electrons. The van der Waals surface area contributed by atoms with Crippen LogP contribution in [0.4, 0.5) is 0 Å². The average Bonchev–Trinajstić information content (AvgIpc) is 2.66. The van der Waals surface area contributed by atoms with E-state index in [1.807, 2.05) is 66.7 Å². The van der Waals surface area contributed by atoms with E-state index in [0.29, 0.717) is 0 Å². The number of nitrogens with one attached hydrogen (secondary N) is 1. The standard InChI is InChI=1S/C21H22N2O3/c1-15(13-14-22)18(19(24)25)23-20(26)21(2,16-9-5-3-6-10-16)17-11-7-4-8-12-17/h3-12,15,18H,13H2,1-2H3,(H,23,26)(H,24,25)/t15-,18-/m1/s1. The molecule has 0 spiro atoms. The Kier molecular flexibility index (Phi) is 6.13. The van der Waals surface area contributed by atoms with Crippen molar-refractivity contribution in [3.63, 3.8) is 0 Å². The van der Waals surface area contributed by atoms with Crippen molar-refractivity contribution in [3.8, 4) is 6.07 Å². The third-order valence-electron chi connectivity index (χ3n) is 4.69. The Hall–Kier alpha value is -3.13. The van der Waals surface area contributed by atoms with Crippen LogP contribution in [0, 0.1) is 17.2 Å². The van der Waals surface area contributed by atoms with E-state index in [4.69, 9.17) is 5.26 Å². The zero-order valence-electron chi connectivity index (χ0n) is 14.8. The van der Waals surface area contributed by atoms with Gasteiger partial charge in [0.05, 0.1) is 11.5 Å². The second-order valence-corrected chi connectivity index (χ2v) is 6.49. The molecule has 1 amide bonds. The van der Waals surface area contributed by atoms with Crippen LogP contribution in [0.5, 0.6) is 0 Å². The molecule has 2 atom stereocenters. The Morgan fingerprint density at radius 1 is 1.08 bits per heavy atom. The van der Waals surface area contributed by atoms with Crippen molar-refractivity contribution in [1.29, 1.82) is 5.26 Å². The molecule has 0 bridgehead atoms. The number of rotatable bonds is 7. The summed E-state index contributed by atoms with van der Waals surface area (Å²) in [7, 11) is 0. The first-order valence-corrected chi connectivity index (χ1v) is 8.43. The van der Waals surface area contributed by atoms with Crippen molar-refractivity contribution in [1.82, 2.24) is 5.32 Å². The number of nitrogens with zero attached hydrogens (tertiary/aromatic N) is 1. The smallest absolute Gasteiger partial charge is 0.326 e. The number of carbonyl (C=O) groups excluding carboxylic acids is 1. The monoisotopic (exact) mass is 350 g/mol. The van der Waals surface area contributed by atoms with E-state index in [0.717, 1.165) is 11.1 Å². The topological polar surface area (TPSA) is 90.2 Å². The molecule has 0 aliphatic carbocycles. The van der Waals surface area contributed by atoms with Crippen LogP contribution in [0.25, 0.3) is 0 Å². The highest BCUT2D eigenvalue weighted by molar-refractivity contribution is 5.94. The number of benzene rings is 2. The highest BCUT2D eigenvalue weighted by Gasteiger charge is 2.39.